The summed E-state index contributed by atoms with van der Waals surface area (Å²) < 4.78 is 7.05. The van der Waals surface area contributed by atoms with Gasteiger partial charge in [0.2, 0.25) is 0 Å². The second-order valence-electron chi connectivity index (χ2n) is 5.54. The Morgan fingerprint density at radius 3 is 2.21 bits per heavy atom. The molecule has 4 rings (SSSR count). The summed E-state index contributed by atoms with van der Waals surface area (Å²) in [5.41, 5.74) is 10.8. The third-order valence-electron chi connectivity index (χ3n) is 3.93. The molecule has 4 aromatic rings. The van der Waals surface area contributed by atoms with Crippen LogP contribution in [0, 0.1) is 6.92 Å². The summed E-state index contributed by atoms with van der Waals surface area (Å²) in [6.07, 6.45) is 0. The molecule has 0 radical (unpaired) electrons. The SMILES string of the molecule is Cc1nn(-c2cc(-c3ccccc3)no2)c(N)c1-c1ccccc1. The van der Waals surface area contributed by atoms with Crippen molar-refractivity contribution in [2.45, 2.75) is 6.92 Å². The molecule has 2 aromatic carbocycles. The molecular formula is C19H16N4O. The van der Waals surface area contributed by atoms with E-state index in [1.807, 2.05) is 73.7 Å². The second kappa shape index (κ2) is 5.70. The lowest BCUT2D eigenvalue weighted by atomic mass is 10.1. The molecule has 2 aromatic heterocycles. The molecule has 0 atom stereocenters. The maximum atomic E-state index is 6.33. The van der Waals surface area contributed by atoms with Crippen molar-refractivity contribution in [3.63, 3.8) is 0 Å². The molecule has 2 heterocycles. The van der Waals surface area contributed by atoms with Gasteiger partial charge in [0.05, 0.1) is 5.69 Å². The van der Waals surface area contributed by atoms with Crippen molar-refractivity contribution in [1.82, 2.24) is 14.9 Å². The second-order valence-corrected chi connectivity index (χ2v) is 5.54. The molecule has 2 N–H and O–H groups in total. The van der Waals surface area contributed by atoms with Gasteiger partial charge in [0.1, 0.15) is 11.5 Å². The van der Waals surface area contributed by atoms with Crippen LogP contribution in [0.5, 0.6) is 0 Å². The summed E-state index contributed by atoms with van der Waals surface area (Å²) in [4.78, 5) is 0. The molecule has 0 aliphatic heterocycles. The first-order valence-corrected chi connectivity index (χ1v) is 7.67. The molecule has 0 saturated heterocycles. The van der Waals surface area contributed by atoms with Crippen LogP contribution in [0.15, 0.2) is 71.3 Å². The maximum Gasteiger partial charge on any atom is 0.254 e. The minimum atomic E-state index is 0.497. The van der Waals surface area contributed by atoms with Crippen LogP contribution in [0.25, 0.3) is 28.3 Å². The summed E-state index contributed by atoms with van der Waals surface area (Å²) in [5.74, 6) is 1.03. The fourth-order valence-corrected chi connectivity index (χ4v) is 2.79. The van der Waals surface area contributed by atoms with Gasteiger partial charge in [-0.2, -0.15) is 9.78 Å². The van der Waals surface area contributed by atoms with Crippen LogP contribution >= 0.6 is 0 Å². The number of aryl methyl sites for hydroxylation is 1. The van der Waals surface area contributed by atoms with Crippen molar-refractivity contribution >= 4 is 5.82 Å². The zero-order chi connectivity index (χ0) is 16.5. The fourth-order valence-electron chi connectivity index (χ4n) is 2.79. The van der Waals surface area contributed by atoms with Crippen LogP contribution in [0.3, 0.4) is 0 Å². The van der Waals surface area contributed by atoms with Gasteiger partial charge < -0.3 is 10.3 Å². The molecule has 118 valence electrons. The van der Waals surface area contributed by atoms with Crippen molar-refractivity contribution < 1.29 is 4.52 Å². The van der Waals surface area contributed by atoms with Crippen LogP contribution in [-0.2, 0) is 0 Å². The maximum absolute atomic E-state index is 6.33. The zero-order valence-electron chi connectivity index (χ0n) is 13.2. The van der Waals surface area contributed by atoms with Gasteiger partial charge in [0.15, 0.2) is 0 Å². The number of anilines is 1. The summed E-state index contributed by atoms with van der Waals surface area (Å²) in [6, 6.07) is 21.7. The molecular weight excluding hydrogens is 300 g/mol. The first-order chi connectivity index (χ1) is 11.7. The van der Waals surface area contributed by atoms with Crippen LogP contribution in [0.2, 0.25) is 0 Å². The predicted molar refractivity (Wildman–Crippen MR) is 93.6 cm³/mol. The lowest BCUT2D eigenvalue weighted by molar-refractivity contribution is 0.401. The van der Waals surface area contributed by atoms with Crippen LogP contribution in [0.4, 0.5) is 5.82 Å². The summed E-state index contributed by atoms with van der Waals surface area (Å²) in [7, 11) is 0. The van der Waals surface area contributed by atoms with E-state index >= 15 is 0 Å². The lowest BCUT2D eigenvalue weighted by Gasteiger charge is -2.02. The molecule has 0 spiro atoms. The van der Waals surface area contributed by atoms with Crippen molar-refractivity contribution in [2.75, 3.05) is 5.73 Å². The van der Waals surface area contributed by atoms with Crippen LogP contribution in [-0.4, -0.2) is 14.9 Å². The van der Waals surface area contributed by atoms with Gasteiger partial charge in [0.25, 0.3) is 5.88 Å². The number of nitrogens with two attached hydrogens (primary N) is 1. The third kappa shape index (κ3) is 2.36. The van der Waals surface area contributed by atoms with Crippen molar-refractivity contribution in [1.29, 1.82) is 0 Å². The Morgan fingerprint density at radius 2 is 1.54 bits per heavy atom. The van der Waals surface area contributed by atoms with Gasteiger partial charge in [-0.1, -0.05) is 65.8 Å². The molecule has 0 aliphatic carbocycles. The average Bonchev–Trinajstić information content (AvgIpc) is 3.21. The van der Waals surface area contributed by atoms with Gasteiger partial charge in [-0.3, -0.25) is 0 Å². The summed E-state index contributed by atoms with van der Waals surface area (Å²) in [5, 5.41) is 8.65. The normalized spacial score (nSPS) is 10.9. The zero-order valence-corrected chi connectivity index (χ0v) is 13.2. The van der Waals surface area contributed by atoms with E-state index in [0.717, 1.165) is 28.1 Å². The first kappa shape index (κ1) is 14.3. The minimum absolute atomic E-state index is 0.497. The van der Waals surface area contributed by atoms with Crippen molar-refractivity contribution in [3.8, 4) is 28.3 Å². The third-order valence-corrected chi connectivity index (χ3v) is 3.93. The van der Waals surface area contributed by atoms with Crippen molar-refractivity contribution in [2.24, 2.45) is 0 Å². The van der Waals surface area contributed by atoms with Gasteiger partial charge in [-0.15, -0.1) is 0 Å². The molecule has 5 heteroatoms. The number of nitrogen functional groups attached to an aromatic ring is 1. The smallest absolute Gasteiger partial charge is 0.254 e. The first-order valence-electron chi connectivity index (χ1n) is 7.67. The van der Waals surface area contributed by atoms with E-state index in [9.17, 15) is 0 Å². The average molecular weight is 316 g/mol. The summed E-state index contributed by atoms with van der Waals surface area (Å²) >= 11 is 0. The predicted octanol–water partition coefficient (Wildman–Crippen LogP) is 4.08. The molecule has 0 aliphatic rings. The molecule has 0 bridgehead atoms. The van der Waals surface area contributed by atoms with Gasteiger partial charge in [-0.25, -0.2) is 0 Å². The number of hydrogen-bond acceptors (Lipinski definition) is 4. The number of benzene rings is 2. The van der Waals surface area contributed by atoms with E-state index in [1.54, 1.807) is 4.68 Å². The Bertz CT molecular complexity index is 971. The highest BCUT2D eigenvalue weighted by molar-refractivity contribution is 5.77. The molecule has 24 heavy (non-hydrogen) atoms. The molecule has 0 saturated carbocycles. The van der Waals surface area contributed by atoms with Crippen LogP contribution in [0.1, 0.15) is 5.69 Å². The molecule has 0 unspecified atom stereocenters. The highest BCUT2D eigenvalue weighted by Gasteiger charge is 2.18. The van der Waals surface area contributed by atoms with Crippen molar-refractivity contribution in [3.05, 3.63) is 72.4 Å². The van der Waals surface area contributed by atoms with E-state index in [-0.39, 0.29) is 0 Å². The van der Waals surface area contributed by atoms with E-state index in [0.29, 0.717) is 11.7 Å². The van der Waals surface area contributed by atoms with Crippen LogP contribution < -0.4 is 5.73 Å². The highest BCUT2D eigenvalue weighted by atomic mass is 16.5. The fraction of sp³-hybridized carbons (Fsp3) is 0.0526. The topological polar surface area (TPSA) is 69.9 Å². The minimum Gasteiger partial charge on any atom is -0.383 e. The highest BCUT2D eigenvalue weighted by Crippen LogP contribution is 2.31. The van der Waals surface area contributed by atoms with Gasteiger partial charge >= 0.3 is 0 Å². The Labute approximate surface area is 139 Å². The van der Waals surface area contributed by atoms with E-state index in [2.05, 4.69) is 10.3 Å². The quantitative estimate of drug-likeness (QED) is 0.618. The Kier molecular flexibility index (Phi) is 3.39. The number of hydrogen-bond donors (Lipinski definition) is 1. The molecule has 0 amide bonds. The van der Waals surface area contributed by atoms with E-state index in [1.165, 1.54) is 0 Å². The van der Waals surface area contributed by atoms with E-state index in [4.69, 9.17) is 10.3 Å². The monoisotopic (exact) mass is 316 g/mol. The lowest BCUT2D eigenvalue weighted by Crippen LogP contribution is -2.01. The standard InChI is InChI=1S/C19H16N4O/c1-13-18(15-10-6-3-7-11-15)19(20)23(21-13)17-12-16(22-24-17)14-8-4-2-5-9-14/h2-12H,20H2,1H3. The molecule has 0 fully saturated rings. The Hall–Kier alpha value is -3.34. The number of rotatable bonds is 3. The number of aromatic nitrogens is 3. The largest absolute Gasteiger partial charge is 0.383 e. The molecule has 5 nitrogen and oxygen atoms in total. The van der Waals surface area contributed by atoms with Gasteiger partial charge in [0, 0.05) is 17.2 Å². The Morgan fingerprint density at radius 1 is 0.917 bits per heavy atom. The van der Waals surface area contributed by atoms with Gasteiger partial charge in [-0.05, 0) is 12.5 Å². The Balaban J connectivity index is 1.78. The van der Waals surface area contributed by atoms with E-state index < -0.39 is 0 Å². The summed E-state index contributed by atoms with van der Waals surface area (Å²) in [6.45, 7) is 1.93. The number of nitrogens with zero attached hydrogens (tertiary/aromatic N) is 3.